The minimum atomic E-state index is -0.258. The van der Waals surface area contributed by atoms with Crippen LogP contribution >= 0.6 is 0 Å². The normalized spacial score (nSPS) is 11.7. The zero-order valence-electron chi connectivity index (χ0n) is 21.0. The first-order valence-electron chi connectivity index (χ1n) is 11.4. The molecule has 6 nitrogen and oxygen atoms in total. The number of anilines is 1. The molecule has 33 heavy (non-hydrogen) atoms. The molecule has 2 aromatic rings. The fourth-order valence-corrected chi connectivity index (χ4v) is 3.27. The molecule has 0 aliphatic carbocycles. The number of amides is 2. The third-order valence-corrected chi connectivity index (χ3v) is 5.25. The molecule has 0 aliphatic rings. The molecule has 0 unspecified atom stereocenters. The largest absolute Gasteiger partial charge is 0.483 e. The molecule has 0 aromatic heterocycles. The average molecular weight is 455 g/mol. The maximum Gasteiger partial charge on any atom is 0.262 e. The van der Waals surface area contributed by atoms with E-state index in [9.17, 15) is 9.59 Å². The van der Waals surface area contributed by atoms with E-state index in [2.05, 4.69) is 64.3 Å². The van der Waals surface area contributed by atoms with Crippen LogP contribution in [0.25, 0.3) is 0 Å². The Kier molecular flexibility index (Phi) is 9.06. The molecule has 6 heteroatoms. The highest BCUT2D eigenvalue weighted by atomic mass is 16.5. The molecule has 2 aromatic carbocycles. The predicted molar refractivity (Wildman–Crippen MR) is 133 cm³/mol. The lowest BCUT2D eigenvalue weighted by molar-refractivity contribution is -0.118. The van der Waals surface area contributed by atoms with Crippen LogP contribution in [0.15, 0.2) is 42.5 Å². The smallest absolute Gasteiger partial charge is 0.262 e. The van der Waals surface area contributed by atoms with E-state index in [-0.39, 0.29) is 29.3 Å². The summed E-state index contributed by atoms with van der Waals surface area (Å²) in [5.74, 6) is 0.304. The zero-order chi connectivity index (χ0) is 24.6. The molecule has 0 radical (unpaired) electrons. The van der Waals surface area contributed by atoms with Gasteiger partial charge in [-0.05, 0) is 58.7 Å². The highest BCUT2D eigenvalue weighted by Crippen LogP contribution is 2.35. The lowest BCUT2D eigenvalue weighted by Gasteiger charge is -2.27. The van der Waals surface area contributed by atoms with E-state index >= 15 is 0 Å². The van der Waals surface area contributed by atoms with Crippen LogP contribution in [0, 0.1) is 0 Å². The first-order chi connectivity index (χ1) is 15.4. The predicted octanol–water partition coefficient (Wildman–Crippen LogP) is 5.07. The third-order valence-electron chi connectivity index (χ3n) is 5.25. The number of methoxy groups -OCH3 is 1. The Bertz CT molecular complexity index is 938. The van der Waals surface area contributed by atoms with Crippen molar-refractivity contribution in [2.75, 3.05) is 32.2 Å². The molecule has 0 bridgehead atoms. The molecule has 0 heterocycles. The van der Waals surface area contributed by atoms with Crippen molar-refractivity contribution in [2.45, 2.75) is 58.8 Å². The Morgan fingerprint density at radius 3 is 2.15 bits per heavy atom. The third kappa shape index (κ3) is 8.21. The van der Waals surface area contributed by atoms with Crippen LogP contribution in [0.5, 0.6) is 5.75 Å². The number of hydrogen-bond acceptors (Lipinski definition) is 4. The Balaban J connectivity index is 1.97. The number of carbonyl (C=O) groups is 2. The van der Waals surface area contributed by atoms with Crippen molar-refractivity contribution >= 4 is 17.5 Å². The molecular formula is C27H38N2O4. The van der Waals surface area contributed by atoms with Crippen molar-refractivity contribution in [3.8, 4) is 5.75 Å². The van der Waals surface area contributed by atoms with Crippen molar-refractivity contribution in [1.29, 1.82) is 0 Å². The van der Waals surface area contributed by atoms with Crippen LogP contribution < -0.4 is 15.4 Å². The summed E-state index contributed by atoms with van der Waals surface area (Å²) in [6, 6.07) is 13.0. The van der Waals surface area contributed by atoms with Crippen molar-refractivity contribution < 1.29 is 19.1 Å². The summed E-state index contributed by atoms with van der Waals surface area (Å²) in [5.41, 5.74) is 3.36. The van der Waals surface area contributed by atoms with Crippen molar-refractivity contribution in [3.05, 3.63) is 59.2 Å². The van der Waals surface area contributed by atoms with Gasteiger partial charge in [0.05, 0.1) is 0 Å². The maximum absolute atomic E-state index is 12.5. The summed E-state index contributed by atoms with van der Waals surface area (Å²) in [6.07, 6.45) is 0.756. The number of benzene rings is 2. The minimum Gasteiger partial charge on any atom is -0.483 e. The van der Waals surface area contributed by atoms with Gasteiger partial charge in [-0.2, -0.15) is 0 Å². The van der Waals surface area contributed by atoms with Gasteiger partial charge in [-0.1, -0.05) is 53.7 Å². The molecule has 2 N–H and O–H groups in total. The summed E-state index contributed by atoms with van der Waals surface area (Å²) < 4.78 is 10.9. The van der Waals surface area contributed by atoms with Gasteiger partial charge < -0.3 is 20.1 Å². The van der Waals surface area contributed by atoms with Gasteiger partial charge in [0.25, 0.3) is 11.8 Å². The van der Waals surface area contributed by atoms with Gasteiger partial charge in [0.15, 0.2) is 6.61 Å². The fraction of sp³-hybridized carbons (Fsp3) is 0.481. The zero-order valence-corrected chi connectivity index (χ0v) is 21.0. The summed E-state index contributed by atoms with van der Waals surface area (Å²) in [7, 11) is 1.63. The summed E-state index contributed by atoms with van der Waals surface area (Å²) >= 11 is 0. The SMILES string of the molecule is COCCCNC(=O)c1ccc(NC(=O)COc2ccc(C(C)(C)C)cc2C(C)(C)C)cc1. The van der Waals surface area contributed by atoms with E-state index in [4.69, 9.17) is 9.47 Å². The molecule has 2 rings (SSSR count). The van der Waals surface area contributed by atoms with Crippen LogP contribution in [-0.2, 0) is 20.4 Å². The molecule has 2 amide bonds. The molecule has 0 aliphatic heterocycles. The molecule has 180 valence electrons. The van der Waals surface area contributed by atoms with E-state index < -0.39 is 0 Å². The molecule has 0 saturated heterocycles. The second-order valence-electron chi connectivity index (χ2n) is 10.2. The van der Waals surface area contributed by atoms with E-state index in [1.54, 1.807) is 31.4 Å². The van der Waals surface area contributed by atoms with Crippen LogP contribution in [0.4, 0.5) is 5.69 Å². The van der Waals surface area contributed by atoms with Gasteiger partial charge in [0.2, 0.25) is 0 Å². The first-order valence-corrected chi connectivity index (χ1v) is 11.4. The quantitative estimate of drug-likeness (QED) is 0.519. The molecule has 0 fully saturated rings. The molecular weight excluding hydrogens is 416 g/mol. The lowest BCUT2D eigenvalue weighted by atomic mass is 9.80. The van der Waals surface area contributed by atoms with E-state index in [1.165, 1.54) is 5.56 Å². The summed E-state index contributed by atoms with van der Waals surface area (Å²) in [4.78, 5) is 24.6. The fourth-order valence-electron chi connectivity index (χ4n) is 3.27. The van der Waals surface area contributed by atoms with Crippen molar-refractivity contribution in [3.63, 3.8) is 0 Å². The van der Waals surface area contributed by atoms with Crippen LogP contribution in [-0.4, -0.2) is 38.7 Å². The van der Waals surface area contributed by atoms with Crippen molar-refractivity contribution in [2.24, 2.45) is 0 Å². The lowest BCUT2D eigenvalue weighted by Crippen LogP contribution is -2.25. The van der Waals surface area contributed by atoms with Gasteiger partial charge in [-0.15, -0.1) is 0 Å². The van der Waals surface area contributed by atoms with E-state index in [1.807, 2.05) is 6.07 Å². The Morgan fingerprint density at radius 1 is 0.909 bits per heavy atom. The first kappa shape index (κ1) is 26.4. The Morgan fingerprint density at radius 2 is 1.58 bits per heavy atom. The van der Waals surface area contributed by atoms with E-state index in [0.717, 1.165) is 12.0 Å². The number of carbonyl (C=O) groups excluding carboxylic acids is 2. The van der Waals surface area contributed by atoms with Crippen LogP contribution in [0.3, 0.4) is 0 Å². The Hall–Kier alpha value is -2.86. The van der Waals surface area contributed by atoms with Gasteiger partial charge in [-0.25, -0.2) is 0 Å². The standard InChI is InChI=1S/C27H38N2O4/c1-26(2,3)20-11-14-23(22(17-20)27(4,5)6)33-18-24(30)29-21-12-9-19(10-13-21)25(31)28-15-8-16-32-7/h9-14,17H,8,15-16,18H2,1-7H3,(H,28,31)(H,29,30). The number of hydrogen-bond donors (Lipinski definition) is 2. The second-order valence-corrected chi connectivity index (χ2v) is 10.2. The highest BCUT2D eigenvalue weighted by molar-refractivity contribution is 5.96. The minimum absolute atomic E-state index is 0.0306. The molecule has 0 spiro atoms. The van der Waals surface area contributed by atoms with Gasteiger partial charge in [-0.3, -0.25) is 9.59 Å². The van der Waals surface area contributed by atoms with Gasteiger partial charge in [0.1, 0.15) is 5.75 Å². The summed E-state index contributed by atoms with van der Waals surface area (Å²) in [5, 5.41) is 5.66. The second kappa shape index (κ2) is 11.3. The average Bonchev–Trinajstić information content (AvgIpc) is 2.74. The monoisotopic (exact) mass is 454 g/mol. The maximum atomic E-state index is 12.5. The molecule has 0 saturated carbocycles. The van der Waals surface area contributed by atoms with Crippen molar-refractivity contribution in [1.82, 2.24) is 5.32 Å². The Labute approximate surface area is 198 Å². The topological polar surface area (TPSA) is 76.7 Å². The number of nitrogens with one attached hydrogen (secondary N) is 2. The summed E-state index contributed by atoms with van der Waals surface area (Å²) in [6.45, 7) is 14.0. The molecule has 0 atom stereocenters. The van der Waals surface area contributed by atoms with E-state index in [0.29, 0.717) is 30.2 Å². The van der Waals surface area contributed by atoms with Gasteiger partial charge >= 0.3 is 0 Å². The van der Waals surface area contributed by atoms with Gasteiger partial charge in [0, 0.05) is 31.5 Å². The highest BCUT2D eigenvalue weighted by Gasteiger charge is 2.23. The van der Waals surface area contributed by atoms with Crippen LogP contribution in [0.1, 0.15) is 69.4 Å². The number of ether oxygens (including phenoxy) is 2. The van der Waals surface area contributed by atoms with Crippen LogP contribution in [0.2, 0.25) is 0 Å². The number of rotatable bonds is 9.